The van der Waals surface area contributed by atoms with Crippen LogP contribution in [0.2, 0.25) is 10.0 Å². The van der Waals surface area contributed by atoms with Crippen molar-refractivity contribution in [3.8, 4) is 0 Å². The lowest BCUT2D eigenvalue weighted by atomic mass is 10.0. The third-order valence-electron chi connectivity index (χ3n) is 2.64. The predicted molar refractivity (Wildman–Crippen MR) is 73.2 cm³/mol. The molecule has 5 nitrogen and oxygen atoms in total. The second kappa shape index (κ2) is 5.21. The maximum Gasteiger partial charge on any atom is 0.219 e. The van der Waals surface area contributed by atoms with Gasteiger partial charge in [-0.2, -0.15) is 0 Å². The van der Waals surface area contributed by atoms with Gasteiger partial charge >= 0.3 is 0 Å². The van der Waals surface area contributed by atoms with E-state index < -0.39 is 11.9 Å². The van der Waals surface area contributed by atoms with Crippen LogP contribution in [0.5, 0.6) is 0 Å². The Bertz CT molecular complexity index is 712. The van der Waals surface area contributed by atoms with Crippen molar-refractivity contribution in [2.24, 2.45) is 11.5 Å². The third kappa shape index (κ3) is 2.73. The summed E-state index contributed by atoms with van der Waals surface area (Å²) in [5.41, 5.74) is 10.8. The van der Waals surface area contributed by atoms with E-state index in [9.17, 15) is 9.59 Å². The summed E-state index contributed by atoms with van der Waals surface area (Å²) in [7, 11) is 0. The summed E-state index contributed by atoms with van der Waals surface area (Å²) in [5, 5.41) is 0.759. The molecule has 100 valence electrons. The molecule has 0 fully saturated rings. The molecule has 0 bridgehead atoms. The smallest absolute Gasteiger partial charge is 0.219 e. The van der Waals surface area contributed by atoms with E-state index in [1.807, 2.05) is 0 Å². The molecule has 2 aromatic rings. The topological polar surface area (TPSA) is 99.3 Å². The molecule has 0 saturated heterocycles. The number of primary amides is 1. The normalized spacial score (nSPS) is 12.6. The van der Waals surface area contributed by atoms with Gasteiger partial charge < -0.3 is 15.9 Å². The van der Waals surface area contributed by atoms with E-state index >= 15 is 0 Å². The fourth-order valence-corrected chi connectivity index (χ4v) is 2.30. The number of halogens is 2. The second-order valence-electron chi connectivity index (χ2n) is 4.06. The second-order valence-corrected chi connectivity index (χ2v) is 4.91. The first kappa shape index (κ1) is 13.9. The molecule has 1 aromatic heterocycles. The number of carbonyl (C=O) groups is 1. The number of hydrogen-bond donors (Lipinski definition) is 2. The number of rotatable bonds is 3. The molecular weight excluding hydrogens is 291 g/mol. The van der Waals surface area contributed by atoms with Crippen LogP contribution >= 0.6 is 23.2 Å². The third-order valence-corrected chi connectivity index (χ3v) is 3.14. The Morgan fingerprint density at radius 1 is 1.37 bits per heavy atom. The van der Waals surface area contributed by atoms with Gasteiger partial charge in [-0.3, -0.25) is 9.59 Å². The van der Waals surface area contributed by atoms with Gasteiger partial charge in [0.05, 0.1) is 22.2 Å². The van der Waals surface area contributed by atoms with Gasteiger partial charge in [-0.05, 0) is 12.1 Å². The molecule has 0 aliphatic rings. The maximum atomic E-state index is 12.2. The van der Waals surface area contributed by atoms with Gasteiger partial charge in [-0.15, -0.1) is 0 Å². The van der Waals surface area contributed by atoms with Gasteiger partial charge in [0.1, 0.15) is 0 Å². The summed E-state index contributed by atoms with van der Waals surface area (Å²) < 4.78 is 5.29. The van der Waals surface area contributed by atoms with Crippen molar-refractivity contribution in [2.45, 2.75) is 12.5 Å². The van der Waals surface area contributed by atoms with E-state index in [0.29, 0.717) is 5.02 Å². The number of benzene rings is 1. The Hall–Kier alpha value is -1.56. The lowest BCUT2D eigenvalue weighted by Crippen LogP contribution is -2.25. The van der Waals surface area contributed by atoms with Crippen LogP contribution in [0.3, 0.4) is 0 Å². The highest BCUT2D eigenvalue weighted by Gasteiger charge is 2.17. The fourth-order valence-electron chi connectivity index (χ4n) is 1.76. The van der Waals surface area contributed by atoms with Gasteiger partial charge in [0, 0.05) is 17.5 Å². The Morgan fingerprint density at radius 3 is 2.68 bits per heavy atom. The molecule has 1 heterocycles. The average molecular weight is 301 g/mol. The number of amides is 1. The van der Waals surface area contributed by atoms with Crippen molar-refractivity contribution in [1.82, 2.24) is 0 Å². The first-order valence-electron chi connectivity index (χ1n) is 5.34. The average Bonchev–Trinajstić information content (AvgIpc) is 2.29. The van der Waals surface area contributed by atoms with Crippen LogP contribution in [0.4, 0.5) is 0 Å². The van der Waals surface area contributed by atoms with Gasteiger partial charge in [-0.1, -0.05) is 23.2 Å². The molecule has 1 atom stereocenters. The SMILES string of the molecule is NC(=O)CC(N)c1coc2c(Cl)cc(Cl)cc2c1=O. The Kier molecular flexibility index (Phi) is 3.80. The van der Waals surface area contributed by atoms with Crippen molar-refractivity contribution < 1.29 is 9.21 Å². The van der Waals surface area contributed by atoms with Crippen LogP contribution in [0, 0.1) is 0 Å². The van der Waals surface area contributed by atoms with Crippen molar-refractivity contribution >= 4 is 40.1 Å². The van der Waals surface area contributed by atoms with Gasteiger partial charge in [0.2, 0.25) is 5.91 Å². The molecule has 0 aliphatic heterocycles. The zero-order valence-electron chi connectivity index (χ0n) is 9.65. The van der Waals surface area contributed by atoms with E-state index in [0.717, 1.165) is 0 Å². The Labute approximate surface area is 118 Å². The summed E-state index contributed by atoms with van der Waals surface area (Å²) in [5.74, 6) is -0.601. The van der Waals surface area contributed by atoms with Gasteiger partial charge in [0.25, 0.3) is 0 Å². The molecule has 0 radical (unpaired) electrons. The monoisotopic (exact) mass is 300 g/mol. The fraction of sp³-hybridized carbons (Fsp3) is 0.167. The van der Waals surface area contributed by atoms with Crippen molar-refractivity contribution in [3.05, 3.63) is 44.2 Å². The highest BCUT2D eigenvalue weighted by molar-refractivity contribution is 6.38. The molecule has 0 saturated carbocycles. The van der Waals surface area contributed by atoms with E-state index in [1.54, 1.807) is 0 Å². The van der Waals surface area contributed by atoms with E-state index in [-0.39, 0.29) is 33.4 Å². The van der Waals surface area contributed by atoms with Gasteiger partial charge in [0.15, 0.2) is 11.0 Å². The highest BCUT2D eigenvalue weighted by Crippen LogP contribution is 2.27. The van der Waals surface area contributed by atoms with Crippen LogP contribution in [-0.4, -0.2) is 5.91 Å². The van der Waals surface area contributed by atoms with E-state index in [1.165, 1.54) is 18.4 Å². The van der Waals surface area contributed by atoms with Crippen LogP contribution in [0.15, 0.2) is 27.6 Å². The minimum absolute atomic E-state index is 0.148. The highest BCUT2D eigenvalue weighted by atomic mass is 35.5. The van der Waals surface area contributed by atoms with Crippen LogP contribution in [-0.2, 0) is 4.79 Å². The number of fused-ring (bicyclic) bond motifs is 1. The molecule has 7 heteroatoms. The Morgan fingerprint density at radius 2 is 2.05 bits per heavy atom. The molecule has 0 aliphatic carbocycles. The first-order chi connectivity index (χ1) is 8.90. The Balaban J connectivity index is 2.64. The van der Waals surface area contributed by atoms with Crippen LogP contribution in [0.25, 0.3) is 11.0 Å². The lowest BCUT2D eigenvalue weighted by molar-refractivity contribution is -0.118. The van der Waals surface area contributed by atoms with Crippen molar-refractivity contribution in [1.29, 1.82) is 0 Å². The quantitative estimate of drug-likeness (QED) is 0.905. The lowest BCUT2D eigenvalue weighted by Gasteiger charge is -2.09. The minimum Gasteiger partial charge on any atom is -0.462 e. The molecule has 4 N–H and O–H groups in total. The van der Waals surface area contributed by atoms with E-state index in [4.69, 9.17) is 39.1 Å². The molecule has 2 rings (SSSR count). The number of hydrogen-bond acceptors (Lipinski definition) is 4. The molecule has 0 spiro atoms. The molecule has 1 unspecified atom stereocenters. The molecule has 1 aromatic carbocycles. The maximum absolute atomic E-state index is 12.2. The summed E-state index contributed by atoms with van der Waals surface area (Å²) >= 11 is 11.8. The number of nitrogens with two attached hydrogens (primary N) is 2. The predicted octanol–water partition coefficient (Wildman–Crippen LogP) is 1.98. The summed E-state index contributed by atoms with van der Waals surface area (Å²) in [6.45, 7) is 0. The zero-order chi connectivity index (χ0) is 14.2. The first-order valence-corrected chi connectivity index (χ1v) is 6.10. The zero-order valence-corrected chi connectivity index (χ0v) is 11.2. The standard InChI is InChI=1S/C12H10Cl2N2O3/c13-5-1-6-11(18)7(9(15)3-10(16)17)4-19-12(6)8(14)2-5/h1-2,4,9H,3,15H2,(H2,16,17). The number of carbonyl (C=O) groups excluding carboxylic acids is 1. The van der Waals surface area contributed by atoms with Crippen LogP contribution in [0.1, 0.15) is 18.0 Å². The summed E-state index contributed by atoms with van der Waals surface area (Å²) in [6, 6.07) is 2.09. The van der Waals surface area contributed by atoms with Gasteiger partial charge in [-0.25, -0.2) is 0 Å². The largest absolute Gasteiger partial charge is 0.462 e. The minimum atomic E-state index is -0.823. The molecule has 19 heavy (non-hydrogen) atoms. The van der Waals surface area contributed by atoms with Crippen molar-refractivity contribution in [2.75, 3.05) is 0 Å². The molecule has 1 amide bonds. The summed E-state index contributed by atoms with van der Waals surface area (Å²) in [4.78, 5) is 23.1. The van der Waals surface area contributed by atoms with Crippen molar-refractivity contribution in [3.63, 3.8) is 0 Å². The van der Waals surface area contributed by atoms with Crippen LogP contribution < -0.4 is 16.9 Å². The van der Waals surface area contributed by atoms with E-state index in [2.05, 4.69) is 0 Å². The molecular formula is C12H10Cl2N2O3. The summed E-state index contributed by atoms with van der Waals surface area (Å²) in [6.07, 6.45) is 1.04.